The molecule has 7 heteroatoms. The molecule has 2 amide bonds. The van der Waals surface area contributed by atoms with E-state index in [4.69, 9.17) is 0 Å². The largest absolute Gasteiger partial charge is 0.346 e. The number of fused-ring (bicyclic) bond motifs is 1. The number of aromatic nitrogens is 2. The van der Waals surface area contributed by atoms with E-state index in [-0.39, 0.29) is 29.3 Å². The van der Waals surface area contributed by atoms with Crippen LogP contribution in [0.15, 0.2) is 24.5 Å². The predicted molar refractivity (Wildman–Crippen MR) is 119 cm³/mol. The highest BCUT2D eigenvalue weighted by Gasteiger charge is 2.40. The standard InChI is InChI=1S/C23H35N5O2/c1-6-24-15(2)21(29)27-19(23(3,4)5)22(30)28-12-8-9-17(28)13-16-14-26-20-18(16)10-7-11-25-20/h7,10-11,14-15,17,19,24H,6,8-9,12-13H2,1-5H3,(H,25,26)(H,27,29)/t15-,17+,19+/m0/s1. The van der Waals surface area contributed by atoms with Gasteiger partial charge in [-0.3, -0.25) is 9.59 Å². The van der Waals surface area contributed by atoms with Crippen molar-refractivity contribution >= 4 is 22.8 Å². The molecule has 0 aromatic carbocycles. The Morgan fingerprint density at radius 3 is 2.83 bits per heavy atom. The molecular formula is C23H35N5O2. The van der Waals surface area contributed by atoms with Crippen molar-refractivity contribution < 1.29 is 9.59 Å². The highest BCUT2D eigenvalue weighted by molar-refractivity contribution is 5.90. The number of carbonyl (C=O) groups excluding carboxylic acids is 2. The van der Waals surface area contributed by atoms with Crippen LogP contribution in [0.3, 0.4) is 0 Å². The molecule has 164 valence electrons. The Morgan fingerprint density at radius 1 is 1.37 bits per heavy atom. The topological polar surface area (TPSA) is 90.1 Å². The second-order valence-electron chi connectivity index (χ2n) is 9.33. The maximum Gasteiger partial charge on any atom is 0.245 e. The van der Waals surface area contributed by atoms with Gasteiger partial charge in [-0.2, -0.15) is 0 Å². The van der Waals surface area contributed by atoms with E-state index in [1.54, 1.807) is 6.20 Å². The second-order valence-corrected chi connectivity index (χ2v) is 9.33. The fourth-order valence-electron chi connectivity index (χ4n) is 4.25. The van der Waals surface area contributed by atoms with Crippen molar-refractivity contribution in [3.8, 4) is 0 Å². The van der Waals surface area contributed by atoms with Crippen molar-refractivity contribution in [3.05, 3.63) is 30.1 Å². The van der Waals surface area contributed by atoms with Crippen LogP contribution in [-0.4, -0.2) is 57.9 Å². The fraction of sp³-hybridized carbons (Fsp3) is 0.609. The molecule has 3 rings (SSSR count). The minimum absolute atomic E-state index is 0.0139. The van der Waals surface area contributed by atoms with Crippen molar-refractivity contribution in [2.24, 2.45) is 5.41 Å². The molecule has 3 heterocycles. The smallest absolute Gasteiger partial charge is 0.245 e. The van der Waals surface area contributed by atoms with E-state index in [9.17, 15) is 9.59 Å². The van der Waals surface area contributed by atoms with Gasteiger partial charge in [-0.25, -0.2) is 4.98 Å². The van der Waals surface area contributed by atoms with E-state index in [2.05, 4.69) is 26.7 Å². The van der Waals surface area contributed by atoms with Gasteiger partial charge in [0, 0.05) is 30.4 Å². The normalized spacial score (nSPS) is 19.1. The van der Waals surface area contributed by atoms with Gasteiger partial charge in [-0.15, -0.1) is 0 Å². The average molecular weight is 414 g/mol. The lowest BCUT2D eigenvalue weighted by Crippen LogP contribution is -2.58. The maximum atomic E-state index is 13.6. The Kier molecular flexibility index (Phi) is 6.81. The number of likely N-dealkylation sites (tertiary alicyclic amines) is 1. The molecule has 0 saturated carbocycles. The Bertz CT molecular complexity index is 885. The Balaban J connectivity index is 1.77. The summed E-state index contributed by atoms with van der Waals surface area (Å²) in [7, 11) is 0. The first-order chi connectivity index (χ1) is 14.2. The third kappa shape index (κ3) is 4.83. The molecule has 1 aliphatic rings. The molecule has 0 radical (unpaired) electrons. The van der Waals surface area contributed by atoms with E-state index in [1.807, 2.05) is 51.8 Å². The summed E-state index contributed by atoms with van der Waals surface area (Å²) in [6, 6.07) is 3.24. The third-order valence-electron chi connectivity index (χ3n) is 5.96. The number of carbonyl (C=O) groups is 2. The van der Waals surface area contributed by atoms with Crippen LogP contribution in [0.2, 0.25) is 0 Å². The number of nitrogens with one attached hydrogen (secondary N) is 3. The number of hydrogen-bond donors (Lipinski definition) is 3. The molecule has 7 nitrogen and oxygen atoms in total. The number of hydrogen-bond acceptors (Lipinski definition) is 4. The van der Waals surface area contributed by atoms with Crippen LogP contribution in [-0.2, 0) is 16.0 Å². The highest BCUT2D eigenvalue weighted by Crippen LogP contribution is 2.28. The van der Waals surface area contributed by atoms with E-state index >= 15 is 0 Å². The van der Waals surface area contributed by atoms with Crippen LogP contribution < -0.4 is 10.6 Å². The SMILES string of the molecule is CCN[C@@H](C)C(=O)N[C@H](C(=O)N1CCC[C@@H]1Cc1c[nH]c2ncccc12)C(C)(C)C. The molecule has 0 bridgehead atoms. The molecule has 0 unspecified atom stereocenters. The number of H-pyrrole nitrogens is 1. The van der Waals surface area contributed by atoms with Crippen molar-refractivity contribution in [1.29, 1.82) is 0 Å². The maximum absolute atomic E-state index is 13.6. The van der Waals surface area contributed by atoms with Crippen molar-refractivity contribution in [2.45, 2.75) is 72.0 Å². The molecule has 1 aliphatic heterocycles. The minimum Gasteiger partial charge on any atom is -0.346 e. The third-order valence-corrected chi connectivity index (χ3v) is 5.96. The fourth-order valence-corrected chi connectivity index (χ4v) is 4.25. The Labute approximate surface area is 179 Å². The van der Waals surface area contributed by atoms with Crippen LogP contribution in [0.1, 0.15) is 53.0 Å². The summed E-state index contributed by atoms with van der Waals surface area (Å²) in [4.78, 5) is 35.8. The molecule has 3 N–H and O–H groups in total. The van der Waals surface area contributed by atoms with Gasteiger partial charge in [-0.1, -0.05) is 27.7 Å². The molecule has 1 saturated heterocycles. The van der Waals surface area contributed by atoms with Gasteiger partial charge in [-0.05, 0) is 55.8 Å². The second kappa shape index (κ2) is 9.16. The van der Waals surface area contributed by atoms with Gasteiger partial charge in [0.05, 0.1) is 6.04 Å². The monoisotopic (exact) mass is 413 g/mol. The summed E-state index contributed by atoms with van der Waals surface area (Å²) in [5.74, 6) is -0.122. The molecule has 0 aliphatic carbocycles. The number of rotatable bonds is 7. The first-order valence-electron chi connectivity index (χ1n) is 11.0. The number of pyridine rings is 1. The van der Waals surface area contributed by atoms with E-state index in [0.717, 1.165) is 36.8 Å². The molecule has 2 aromatic heterocycles. The van der Waals surface area contributed by atoms with Gasteiger partial charge in [0.1, 0.15) is 11.7 Å². The number of likely N-dealkylation sites (N-methyl/N-ethyl adjacent to an activating group) is 1. The van der Waals surface area contributed by atoms with Crippen LogP contribution in [0.5, 0.6) is 0 Å². The quantitative estimate of drug-likeness (QED) is 0.651. The Morgan fingerprint density at radius 2 is 2.13 bits per heavy atom. The lowest BCUT2D eigenvalue weighted by molar-refractivity contribution is -0.140. The molecular weight excluding hydrogens is 378 g/mol. The predicted octanol–water partition coefficient (Wildman–Crippen LogP) is 2.63. The van der Waals surface area contributed by atoms with Crippen molar-refractivity contribution in [1.82, 2.24) is 25.5 Å². The zero-order valence-corrected chi connectivity index (χ0v) is 18.8. The molecule has 1 fully saturated rings. The first-order valence-corrected chi connectivity index (χ1v) is 11.0. The summed E-state index contributed by atoms with van der Waals surface area (Å²) in [5.41, 5.74) is 1.68. The van der Waals surface area contributed by atoms with Gasteiger partial charge >= 0.3 is 0 Å². The van der Waals surface area contributed by atoms with Crippen molar-refractivity contribution in [3.63, 3.8) is 0 Å². The molecule has 0 spiro atoms. The van der Waals surface area contributed by atoms with Gasteiger partial charge in [0.2, 0.25) is 11.8 Å². The van der Waals surface area contributed by atoms with Crippen LogP contribution >= 0.6 is 0 Å². The summed E-state index contributed by atoms with van der Waals surface area (Å²) in [6.07, 6.45) is 6.52. The van der Waals surface area contributed by atoms with Gasteiger partial charge in [0.25, 0.3) is 0 Å². The van der Waals surface area contributed by atoms with E-state index in [0.29, 0.717) is 6.54 Å². The zero-order valence-electron chi connectivity index (χ0n) is 18.8. The lowest BCUT2D eigenvalue weighted by atomic mass is 9.85. The van der Waals surface area contributed by atoms with Crippen LogP contribution in [0, 0.1) is 5.41 Å². The first kappa shape index (κ1) is 22.3. The molecule has 2 aromatic rings. The minimum atomic E-state index is -0.559. The summed E-state index contributed by atoms with van der Waals surface area (Å²) < 4.78 is 0. The lowest BCUT2D eigenvalue weighted by Gasteiger charge is -2.36. The van der Waals surface area contributed by atoms with E-state index in [1.165, 1.54) is 5.56 Å². The van der Waals surface area contributed by atoms with Gasteiger partial charge < -0.3 is 20.5 Å². The highest BCUT2D eigenvalue weighted by atomic mass is 16.2. The van der Waals surface area contributed by atoms with Crippen molar-refractivity contribution in [2.75, 3.05) is 13.1 Å². The van der Waals surface area contributed by atoms with Crippen LogP contribution in [0.4, 0.5) is 0 Å². The van der Waals surface area contributed by atoms with Crippen LogP contribution in [0.25, 0.3) is 11.0 Å². The molecule has 3 atom stereocenters. The van der Waals surface area contributed by atoms with E-state index < -0.39 is 6.04 Å². The summed E-state index contributed by atoms with van der Waals surface area (Å²) >= 11 is 0. The Hall–Kier alpha value is -2.41. The number of nitrogens with zero attached hydrogens (tertiary/aromatic N) is 2. The summed E-state index contributed by atoms with van der Waals surface area (Å²) in [5, 5.41) is 7.25. The summed E-state index contributed by atoms with van der Waals surface area (Å²) in [6.45, 7) is 11.2. The molecule has 30 heavy (non-hydrogen) atoms. The zero-order chi connectivity index (χ0) is 21.9. The average Bonchev–Trinajstić information content (AvgIpc) is 3.32. The number of amides is 2. The van der Waals surface area contributed by atoms with Gasteiger partial charge in [0.15, 0.2) is 0 Å². The number of aromatic amines is 1.